The number of nitrogens with zero attached hydrogens (tertiary/aromatic N) is 3. The number of aromatic nitrogens is 3. The smallest absolute Gasteiger partial charge is 0.228 e. The van der Waals surface area contributed by atoms with Gasteiger partial charge in [-0.05, 0) is 49.1 Å². The second-order valence-corrected chi connectivity index (χ2v) is 6.93. The van der Waals surface area contributed by atoms with E-state index in [1.54, 1.807) is 24.5 Å². The van der Waals surface area contributed by atoms with Gasteiger partial charge in [-0.25, -0.2) is 19.3 Å². The molecule has 2 N–H and O–H groups in total. The van der Waals surface area contributed by atoms with E-state index in [1.165, 1.54) is 17.8 Å². The van der Waals surface area contributed by atoms with Crippen LogP contribution in [0.15, 0.2) is 60.0 Å². The fraction of sp³-hybridized carbons (Fsp3) is 0.0952. The van der Waals surface area contributed by atoms with E-state index < -0.39 is 5.82 Å². The van der Waals surface area contributed by atoms with Crippen LogP contribution < -0.4 is 10.5 Å². The van der Waals surface area contributed by atoms with Gasteiger partial charge in [-0.1, -0.05) is 23.9 Å². The van der Waals surface area contributed by atoms with E-state index in [-0.39, 0.29) is 5.69 Å². The van der Waals surface area contributed by atoms with Gasteiger partial charge in [0.15, 0.2) is 5.16 Å². The Kier molecular flexibility index (Phi) is 4.83. The van der Waals surface area contributed by atoms with Gasteiger partial charge in [0, 0.05) is 23.2 Å². The van der Waals surface area contributed by atoms with E-state index in [1.807, 2.05) is 37.4 Å². The Balaban J connectivity index is 1.85. The summed E-state index contributed by atoms with van der Waals surface area (Å²) in [6.45, 7) is 1.92. The molecule has 140 valence electrons. The molecule has 0 radical (unpaired) electrons. The fourth-order valence-electron chi connectivity index (χ4n) is 2.97. The van der Waals surface area contributed by atoms with Crippen molar-refractivity contribution in [1.29, 1.82) is 0 Å². The molecule has 0 saturated carbocycles. The van der Waals surface area contributed by atoms with E-state index in [2.05, 4.69) is 15.0 Å². The summed E-state index contributed by atoms with van der Waals surface area (Å²) in [5.41, 5.74) is 8.37. The van der Waals surface area contributed by atoms with E-state index >= 15 is 0 Å². The van der Waals surface area contributed by atoms with Gasteiger partial charge in [-0.2, -0.15) is 0 Å². The van der Waals surface area contributed by atoms with E-state index in [0.29, 0.717) is 27.9 Å². The topological polar surface area (TPSA) is 73.9 Å². The van der Waals surface area contributed by atoms with Crippen molar-refractivity contribution in [3.8, 4) is 22.9 Å². The molecule has 2 heterocycles. The first-order valence-corrected chi connectivity index (χ1v) is 9.78. The molecule has 0 aliphatic heterocycles. The van der Waals surface area contributed by atoms with E-state index in [9.17, 15) is 4.39 Å². The maximum Gasteiger partial charge on any atom is 0.228 e. The summed E-state index contributed by atoms with van der Waals surface area (Å²) in [5.74, 6) is 0.543. The maximum atomic E-state index is 13.9. The van der Waals surface area contributed by atoms with Crippen molar-refractivity contribution in [2.45, 2.75) is 12.1 Å². The monoisotopic (exact) mass is 392 g/mol. The van der Waals surface area contributed by atoms with Crippen molar-refractivity contribution in [3.63, 3.8) is 0 Å². The van der Waals surface area contributed by atoms with Gasteiger partial charge >= 0.3 is 0 Å². The van der Waals surface area contributed by atoms with Gasteiger partial charge < -0.3 is 10.5 Å². The molecule has 0 saturated heterocycles. The lowest BCUT2D eigenvalue weighted by molar-refractivity contribution is 0.466. The average molecular weight is 392 g/mol. The highest BCUT2D eigenvalue weighted by molar-refractivity contribution is 7.98. The Labute approximate surface area is 165 Å². The Bertz CT molecular complexity index is 1180. The lowest BCUT2D eigenvalue weighted by atomic mass is 10.0. The molecular formula is C21H17FN4OS. The first-order valence-electron chi connectivity index (χ1n) is 8.56. The van der Waals surface area contributed by atoms with Crippen LogP contribution in [0.2, 0.25) is 0 Å². The van der Waals surface area contributed by atoms with Crippen molar-refractivity contribution in [2.75, 3.05) is 12.0 Å². The zero-order chi connectivity index (χ0) is 19.7. The summed E-state index contributed by atoms with van der Waals surface area (Å²) < 4.78 is 20.1. The number of hydrogen-bond donors (Lipinski definition) is 1. The number of rotatable bonds is 4. The third-order valence-electron chi connectivity index (χ3n) is 4.40. The maximum absolute atomic E-state index is 13.9. The number of pyridine rings is 1. The molecule has 4 aromatic rings. The first kappa shape index (κ1) is 18.2. The minimum Gasteiger partial charge on any atom is -0.437 e. The predicted octanol–water partition coefficient (Wildman–Crippen LogP) is 5.24. The number of anilines is 1. The average Bonchev–Trinajstić information content (AvgIpc) is 2.73. The lowest BCUT2D eigenvalue weighted by Gasteiger charge is -2.15. The van der Waals surface area contributed by atoms with Crippen LogP contribution in [0.25, 0.3) is 22.0 Å². The second kappa shape index (κ2) is 7.44. The van der Waals surface area contributed by atoms with Crippen molar-refractivity contribution < 1.29 is 9.13 Å². The lowest BCUT2D eigenvalue weighted by Crippen LogP contribution is -1.98. The number of hydrogen-bond acceptors (Lipinski definition) is 6. The number of ether oxygens (including phenoxy) is 1. The van der Waals surface area contributed by atoms with Gasteiger partial charge in [-0.3, -0.25) is 0 Å². The van der Waals surface area contributed by atoms with Crippen LogP contribution in [0, 0.1) is 12.7 Å². The van der Waals surface area contributed by atoms with Crippen LogP contribution in [0.3, 0.4) is 0 Å². The van der Waals surface area contributed by atoms with Crippen LogP contribution in [0.5, 0.6) is 11.6 Å². The number of fused-ring (bicyclic) bond motifs is 1. The van der Waals surface area contributed by atoms with Gasteiger partial charge in [0.05, 0.1) is 16.9 Å². The predicted molar refractivity (Wildman–Crippen MR) is 110 cm³/mol. The molecule has 0 amide bonds. The molecule has 0 spiro atoms. The largest absolute Gasteiger partial charge is 0.437 e. The Morgan fingerprint density at radius 2 is 1.82 bits per heavy atom. The molecule has 4 rings (SSSR count). The van der Waals surface area contributed by atoms with Gasteiger partial charge in [0.2, 0.25) is 5.88 Å². The van der Waals surface area contributed by atoms with Gasteiger partial charge in [0.25, 0.3) is 0 Å². The summed E-state index contributed by atoms with van der Waals surface area (Å²) in [7, 11) is 0. The van der Waals surface area contributed by atoms with Gasteiger partial charge in [0.1, 0.15) is 11.6 Å². The van der Waals surface area contributed by atoms with Crippen LogP contribution in [-0.2, 0) is 0 Å². The number of nitrogens with two attached hydrogens (primary N) is 1. The second-order valence-electron chi connectivity index (χ2n) is 6.15. The van der Waals surface area contributed by atoms with Crippen molar-refractivity contribution in [3.05, 3.63) is 66.2 Å². The Hall–Kier alpha value is -3.19. The highest BCUT2D eigenvalue weighted by atomic mass is 32.2. The molecule has 2 aromatic carbocycles. The van der Waals surface area contributed by atoms with Crippen LogP contribution in [-0.4, -0.2) is 21.2 Å². The SMILES string of the molecule is CSc1nccc(-c2cccnc2Oc2c(C)ccc3c(N)c(F)ccc23)n1. The summed E-state index contributed by atoms with van der Waals surface area (Å²) in [5, 5.41) is 1.99. The standard InChI is InChI=1S/C21H17FN4OS/c1-12-5-6-13-14(7-8-16(22)18(13)23)19(12)27-20-15(4-3-10-24-20)17-9-11-25-21(26-17)28-2/h3-11H,23H2,1-2H3. The molecule has 7 heteroatoms. The summed E-state index contributed by atoms with van der Waals surface area (Å²) in [4.78, 5) is 13.1. The normalized spacial score (nSPS) is 11.0. The molecule has 0 atom stereocenters. The molecule has 5 nitrogen and oxygen atoms in total. The third-order valence-corrected chi connectivity index (χ3v) is 4.96. The number of thioether (sulfide) groups is 1. The molecule has 0 bridgehead atoms. The van der Waals surface area contributed by atoms with Crippen molar-refractivity contribution in [1.82, 2.24) is 15.0 Å². The van der Waals surface area contributed by atoms with E-state index in [0.717, 1.165) is 16.5 Å². The number of halogens is 1. The molecule has 0 fully saturated rings. The number of benzene rings is 2. The zero-order valence-electron chi connectivity index (χ0n) is 15.3. The van der Waals surface area contributed by atoms with Crippen molar-refractivity contribution in [2.24, 2.45) is 0 Å². The summed E-state index contributed by atoms with van der Waals surface area (Å²) in [6, 6.07) is 12.2. The number of aryl methyl sites for hydroxylation is 1. The quantitative estimate of drug-likeness (QED) is 0.291. The fourth-order valence-corrected chi connectivity index (χ4v) is 3.33. The zero-order valence-corrected chi connectivity index (χ0v) is 16.1. The van der Waals surface area contributed by atoms with Crippen LogP contribution in [0.4, 0.5) is 10.1 Å². The molecule has 2 aromatic heterocycles. The minimum absolute atomic E-state index is 0.101. The van der Waals surface area contributed by atoms with Gasteiger partial charge in [-0.15, -0.1) is 0 Å². The minimum atomic E-state index is -0.452. The first-order chi connectivity index (χ1) is 13.6. The summed E-state index contributed by atoms with van der Waals surface area (Å²) in [6.07, 6.45) is 5.28. The summed E-state index contributed by atoms with van der Waals surface area (Å²) >= 11 is 1.46. The van der Waals surface area contributed by atoms with Crippen molar-refractivity contribution >= 4 is 28.2 Å². The van der Waals surface area contributed by atoms with E-state index in [4.69, 9.17) is 10.5 Å². The molecule has 0 aliphatic rings. The Morgan fingerprint density at radius 1 is 1.00 bits per heavy atom. The number of nitrogen functional groups attached to an aromatic ring is 1. The molecule has 0 aliphatic carbocycles. The molecule has 28 heavy (non-hydrogen) atoms. The Morgan fingerprint density at radius 3 is 2.64 bits per heavy atom. The molecule has 0 unspecified atom stereocenters. The highest BCUT2D eigenvalue weighted by Crippen LogP contribution is 2.38. The molecular weight excluding hydrogens is 375 g/mol. The van der Waals surface area contributed by atoms with Crippen LogP contribution >= 0.6 is 11.8 Å². The van der Waals surface area contributed by atoms with Crippen LogP contribution in [0.1, 0.15) is 5.56 Å². The third kappa shape index (κ3) is 3.25. The highest BCUT2D eigenvalue weighted by Gasteiger charge is 2.16.